The third kappa shape index (κ3) is 4.82. The van der Waals surface area contributed by atoms with E-state index in [9.17, 15) is 18.4 Å². The fourth-order valence-electron chi connectivity index (χ4n) is 3.53. The maximum Gasteiger partial charge on any atom is 0.410 e. The summed E-state index contributed by atoms with van der Waals surface area (Å²) in [5.41, 5.74) is 0.0906. The molecule has 0 radical (unpaired) electrons. The van der Waals surface area contributed by atoms with E-state index in [1.54, 1.807) is 21.9 Å². The Labute approximate surface area is 162 Å². The van der Waals surface area contributed by atoms with Crippen LogP contribution in [0.15, 0.2) is 24.3 Å². The minimum atomic E-state index is -2.97. The molecule has 1 aromatic carbocycles. The largest absolute Gasteiger partial charge is 0.449 e. The number of rotatable bonds is 4. The van der Waals surface area contributed by atoms with Gasteiger partial charge in [-0.05, 0) is 25.0 Å². The number of nitrogens with zero attached hydrogens (tertiary/aromatic N) is 2. The molecule has 7 nitrogen and oxygen atoms in total. The normalized spacial score (nSPS) is 20.1. The zero-order valence-corrected chi connectivity index (χ0v) is 16.0. The molecule has 0 aliphatic carbocycles. The molecule has 28 heavy (non-hydrogen) atoms. The van der Waals surface area contributed by atoms with Crippen LogP contribution in [0, 0.1) is 5.41 Å². The Morgan fingerprint density at radius 1 is 1.29 bits per heavy atom. The average molecular weight is 397 g/mol. The maximum absolute atomic E-state index is 12.5. The van der Waals surface area contributed by atoms with Crippen LogP contribution in [-0.4, -0.2) is 60.8 Å². The first kappa shape index (κ1) is 20.2. The molecule has 0 aromatic heterocycles. The Hall–Kier alpha value is -2.58. The van der Waals surface area contributed by atoms with Crippen LogP contribution in [0.3, 0.4) is 0 Å². The minimum Gasteiger partial charge on any atom is -0.449 e. The Bertz CT molecular complexity index is 721. The van der Waals surface area contributed by atoms with Gasteiger partial charge in [-0.3, -0.25) is 0 Å². The van der Waals surface area contributed by atoms with Crippen LogP contribution in [0.4, 0.5) is 24.1 Å². The van der Waals surface area contributed by atoms with Gasteiger partial charge in [0.15, 0.2) is 0 Å². The molecule has 2 heterocycles. The highest BCUT2D eigenvalue weighted by molar-refractivity contribution is 5.91. The predicted molar refractivity (Wildman–Crippen MR) is 98.5 cm³/mol. The van der Waals surface area contributed by atoms with E-state index in [2.05, 4.69) is 10.1 Å². The summed E-state index contributed by atoms with van der Waals surface area (Å²) in [6, 6.07) is 5.70. The summed E-state index contributed by atoms with van der Waals surface area (Å²) in [5.74, 6) is -0.0842. The Morgan fingerprint density at radius 3 is 2.64 bits per heavy atom. The van der Waals surface area contributed by atoms with Crippen LogP contribution >= 0.6 is 0 Å². The van der Waals surface area contributed by atoms with E-state index in [4.69, 9.17) is 4.74 Å². The molecule has 2 aliphatic rings. The zero-order valence-electron chi connectivity index (χ0n) is 16.0. The molecule has 0 saturated carbocycles. The molecule has 0 atom stereocenters. The summed E-state index contributed by atoms with van der Waals surface area (Å²) >= 11 is 0. The number of amides is 3. The fourth-order valence-corrected chi connectivity index (χ4v) is 3.53. The average Bonchev–Trinajstić information content (AvgIpc) is 2.65. The van der Waals surface area contributed by atoms with Crippen LogP contribution < -0.4 is 10.1 Å². The van der Waals surface area contributed by atoms with Gasteiger partial charge < -0.3 is 24.6 Å². The second-order valence-corrected chi connectivity index (χ2v) is 7.87. The van der Waals surface area contributed by atoms with Crippen molar-refractivity contribution >= 4 is 17.8 Å². The summed E-state index contributed by atoms with van der Waals surface area (Å²) in [5, 5.41) is 2.63. The summed E-state index contributed by atoms with van der Waals surface area (Å²) in [6.07, 6.45) is 0.960. The summed E-state index contributed by atoms with van der Waals surface area (Å²) in [7, 11) is 0. The molecule has 1 N–H and O–H groups in total. The van der Waals surface area contributed by atoms with E-state index in [0.717, 1.165) is 0 Å². The molecular formula is C19H25F2N3O4. The third-order valence-electron chi connectivity index (χ3n) is 4.96. The smallest absolute Gasteiger partial charge is 0.410 e. The van der Waals surface area contributed by atoms with Crippen LogP contribution in [0.1, 0.15) is 26.7 Å². The number of likely N-dealkylation sites (tertiary alicyclic amines) is 1. The molecule has 154 valence electrons. The zero-order chi connectivity index (χ0) is 20.3. The predicted octanol–water partition coefficient (Wildman–Crippen LogP) is 3.76. The standard InChI is InChI=1S/C19H25F2N3O4/c1-19(2)11-24(18(26)27-12-19)13-7-9-23(10-8-13)17(25)22-14-5-3-4-6-15(14)28-16(20)21/h3-6,13,16H,7-12H2,1-2H3,(H,22,25). The number of ether oxygens (including phenoxy) is 2. The van der Waals surface area contributed by atoms with Gasteiger partial charge in [0, 0.05) is 31.1 Å². The number of nitrogens with one attached hydrogen (secondary N) is 1. The van der Waals surface area contributed by atoms with Crippen molar-refractivity contribution in [2.75, 3.05) is 31.6 Å². The molecule has 0 unspecified atom stereocenters. The van der Waals surface area contributed by atoms with Gasteiger partial charge in [-0.15, -0.1) is 0 Å². The van der Waals surface area contributed by atoms with Gasteiger partial charge >= 0.3 is 18.7 Å². The Morgan fingerprint density at radius 2 is 1.96 bits per heavy atom. The quantitative estimate of drug-likeness (QED) is 0.840. The Balaban J connectivity index is 1.57. The van der Waals surface area contributed by atoms with Crippen LogP contribution in [-0.2, 0) is 4.74 Å². The SMILES string of the molecule is CC1(C)COC(=O)N(C2CCN(C(=O)Nc3ccccc3OC(F)F)CC2)C1. The number of piperidine rings is 1. The number of para-hydroxylation sites is 2. The maximum atomic E-state index is 12.5. The van der Waals surface area contributed by atoms with Gasteiger partial charge in [0.05, 0.1) is 12.3 Å². The minimum absolute atomic E-state index is 0.0191. The second kappa shape index (κ2) is 8.20. The summed E-state index contributed by atoms with van der Waals surface area (Å²) in [6.45, 7) is 3.08. The van der Waals surface area contributed by atoms with Crippen LogP contribution in [0.5, 0.6) is 5.75 Å². The van der Waals surface area contributed by atoms with E-state index in [0.29, 0.717) is 39.1 Å². The molecule has 3 amide bonds. The van der Waals surface area contributed by atoms with Crippen molar-refractivity contribution in [3.63, 3.8) is 0 Å². The van der Waals surface area contributed by atoms with Crippen molar-refractivity contribution in [1.29, 1.82) is 0 Å². The Kier molecular flexibility index (Phi) is 5.90. The number of cyclic esters (lactones) is 1. The number of benzene rings is 1. The first-order chi connectivity index (χ1) is 13.2. The molecule has 0 spiro atoms. The monoisotopic (exact) mass is 397 g/mol. The lowest BCUT2D eigenvalue weighted by Gasteiger charge is -2.44. The number of urea groups is 1. The first-order valence-corrected chi connectivity index (χ1v) is 9.28. The number of carbonyl (C=O) groups excluding carboxylic acids is 2. The van der Waals surface area contributed by atoms with Crippen LogP contribution in [0.25, 0.3) is 0 Å². The topological polar surface area (TPSA) is 71.1 Å². The summed E-state index contributed by atoms with van der Waals surface area (Å²) in [4.78, 5) is 28.0. The van der Waals surface area contributed by atoms with Crippen molar-refractivity contribution < 1.29 is 27.8 Å². The van der Waals surface area contributed by atoms with Crippen molar-refractivity contribution in [3.05, 3.63) is 24.3 Å². The van der Waals surface area contributed by atoms with E-state index < -0.39 is 6.61 Å². The molecule has 3 rings (SSSR count). The van der Waals surface area contributed by atoms with E-state index in [-0.39, 0.29) is 35.0 Å². The van der Waals surface area contributed by atoms with Gasteiger partial charge in [-0.25, -0.2) is 9.59 Å². The van der Waals surface area contributed by atoms with Crippen molar-refractivity contribution in [1.82, 2.24) is 9.80 Å². The lowest BCUT2D eigenvalue weighted by molar-refractivity contribution is -0.0493. The number of halogens is 2. The number of carbonyl (C=O) groups is 2. The molecule has 2 fully saturated rings. The number of hydrogen-bond donors (Lipinski definition) is 1. The molecular weight excluding hydrogens is 372 g/mol. The van der Waals surface area contributed by atoms with E-state index in [1.807, 2.05) is 13.8 Å². The lowest BCUT2D eigenvalue weighted by Crippen LogP contribution is -2.55. The molecule has 2 aliphatic heterocycles. The van der Waals surface area contributed by atoms with E-state index in [1.165, 1.54) is 12.1 Å². The first-order valence-electron chi connectivity index (χ1n) is 9.28. The highest BCUT2D eigenvalue weighted by Crippen LogP contribution is 2.29. The molecule has 0 bridgehead atoms. The highest BCUT2D eigenvalue weighted by Gasteiger charge is 2.38. The number of alkyl halides is 2. The highest BCUT2D eigenvalue weighted by atomic mass is 19.3. The van der Waals surface area contributed by atoms with Gasteiger partial charge in [-0.2, -0.15) is 8.78 Å². The van der Waals surface area contributed by atoms with Gasteiger partial charge in [0.25, 0.3) is 0 Å². The molecule has 9 heteroatoms. The second-order valence-electron chi connectivity index (χ2n) is 7.87. The number of anilines is 1. The molecule has 2 saturated heterocycles. The van der Waals surface area contributed by atoms with Gasteiger partial charge in [-0.1, -0.05) is 26.0 Å². The summed E-state index contributed by atoms with van der Waals surface area (Å²) < 4.78 is 34.7. The van der Waals surface area contributed by atoms with Crippen molar-refractivity contribution in [2.24, 2.45) is 5.41 Å². The van der Waals surface area contributed by atoms with E-state index >= 15 is 0 Å². The third-order valence-corrected chi connectivity index (χ3v) is 4.96. The fraction of sp³-hybridized carbons (Fsp3) is 0.579. The van der Waals surface area contributed by atoms with Crippen molar-refractivity contribution in [3.8, 4) is 5.75 Å². The molecule has 1 aromatic rings. The van der Waals surface area contributed by atoms with Gasteiger partial charge in [0.1, 0.15) is 5.75 Å². The van der Waals surface area contributed by atoms with Crippen LogP contribution in [0.2, 0.25) is 0 Å². The number of hydrogen-bond acceptors (Lipinski definition) is 4. The van der Waals surface area contributed by atoms with Crippen molar-refractivity contribution in [2.45, 2.75) is 39.3 Å². The van der Waals surface area contributed by atoms with Gasteiger partial charge in [0.2, 0.25) is 0 Å². The lowest BCUT2D eigenvalue weighted by atomic mass is 9.91.